The highest BCUT2D eigenvalue weighted by molar-refractivity contribution is 5.80. The maximum atomic E-state index is 8.71. The van der Waals surface area contributed by atoms with Gasteiger partial charge in [-0.1, -0.05) is 5.16 Å². The smallest absolute Gasteiger partial charge is 0.136 e. The normalized spacial score (nSPS) is 9.85. The van der Waals surface area contributed by atoms with Crippen LogP contribution in [0.3, 0.4) is 0 Å². The third-order valence-electron chi connectivity index (χ3n) is 1.55. The van der Waals surface area contributed by atoms with Gasteiger partial charge in [-0.15, -0.1) is 0 Å². The van der Waals surface area contributed by atoms with Gasteiger partial charge in [0, 0.05) is 0 Å². The molecule has 0 bridgehead atoms. The summed E-state index contributed by atoms with van der Waals surface area (Å²) in [5, 5.41) is 19.8. The van der Waals surface area contributed by atoms with Crippen molar-refractivity contribution in [3.8, 4) is 11.8 Å². The summed E-state index contributed by atoms with van der Waals surface area (Å²) in [6, 6.07) is 6.90. The first-order valence-corrected chi connectivity index (χ1v) is 3.57. The van der Waals surface area contributed by atoms with Crippen molar-refractivity contribution >= 4 is 6.21 Å². The number of oxime groups is 1. The van der Waals surface area contributed by atoms with E-state index >= 15 is 0 Å². The van der Waals surface area contributed by atoms with Gasteiger partial charge in [-0.05, 0) is 23.8 Å². The first-order valence-electron chi connectivity index (χ1n) is 3.57. The van der Waals surface area contributed by atoms with Crippen LogP contribution in [0.15, 0.2) is 23.4 Å². The van der Waals surface area contributed by atoms with Crippen LogP contribution in [0, 0.1) is 11.3 Å². The molecule has 1 N–H and O–H groups in total. The summed E-state index contributed by atoms with van der Waals surface area (Å²) in [6.07, 6.45) is 1.25. The van der Waals surface area contributed by atoms with Gasteiger partial charge in [0.1, 0.15) is 11.8 Å². The van der Waals surface area contributed by atoms with Gasteiger partial charge >= 0.3 is 0 Å². The Morgan fingerprint density at radius 2 is 2.38 bits per heavy atom. The topological polar surface area (TPSA) is 65.6 Å². The van der Waals surface area contributed by atoms with Gasteiger partial charge in [0.15, 0.2) is 0 Å². The van der Waals surface area contributed by atoms with Crippen LogP contribution in [0.4, 0.5) is 0 Å². The zero-order valence-electron chi connectivity index (χ0n) is 7.06. The van der Waals surface area contributed by atoms with Gasteiger partial charge in [-0.2, -0.15) is 5.26 Å². The number of nitriles is 1. The van der Waals surface area contributed by atoms with E-state index in [0.717, 1.165) is 0 Å². The highest BCUT2D eigenvalue weighted by Crippen LogP contribution is 2.17. The fraction of sp³-hybridized carbons (Fsp3) is 0.111. The number of methoxy groups -OCH3 is 1. The minimum absolute atomic E-state index is 0.417. The number of rotatable bonds is 2. The fourth-order valence-electron chi connectivity index (χ4n) is 0.960. The molecule has 0 radical (unpaired) electrons. The second kappa shape index (κ2) is 4.12. The SMILES string of the molecule is COc1ccc(C=NO)cc1C#N. The summed E-state index contributed by atoms with van der Waals surface area (Å²) >= 11 is 0. The molecule has 0 saturated heterocycles. The monoisotopic (exact) mass is 176 g/mol. The molecular formula is C9H8N2O2. The molecule has 4 heteroatoms. The summed E-state index contributed by atoms with van der Waals surface area (Å²) in [5.41, 5.74) is 1.07. The molecule has 0 aromatic heterocycles. The number of hydrogen-bond acceptors (Lipinski definition) is 4. The van der Waals surface area contributed by atoms with Crippen LogP contribution in [-0.4, -0.2) is 18.5 Å². The van der Waals surface area contributed by atoms with Crippen molar-refractivity contribution in [3.05, 3.63) is 29.3 Å². The molecule has 0 spiro atoms. The molecule has 13 heavy (non-hydrogen) atoms. The first-order chi connectivity index (χ1) is 6.31. The van der Waals surface area contributed by atoms with Crippen LogP contribution >= 0.6 is 0 Å². The Bertz CT molecular complexity index is 366. The second-order valence-corrected chi connectivity index (χ2v) is 2.32. The maximum absolute atomic E-state index is 8.71. The van der Waals surface area contributed by atoms with Gasteiger partial charge in [-0.25, -0.2) is 0 Å². The van der Waals surface area contributed by atoms with Gasteiger partial charge in [0.05, 0.1) is 18.9 Å². The summed E-state index contributed by atoms with van der Waals surface area (Å²) in [4.78, 5) is 0. The van der Waals surface area contributed by atoms with Crippen molar-refractivity contribution in [2.45, 2.75) is 0 Å². The van der Waals surface area contributed by atoms with Gasteiger partial charge in [0.25, 0.3) is 0 Å². The first kappa shape index (κ1) is 9.07. The van der Waals surface area contributed by atoms with Gasteiger partial charge in [0.2, 0.25) is 0 Å². The summed E-state index contributed by atoms with van der Waals surface area (Å²) in [5.74, 6) is 0.512. The molecule has 0 heterocycles. The standard InChI is InChI=1S/C9H8N2O2/c1-13-9-3-2-7(6-11-12)4-8(9)5-10/h2-4,6,12H,1H3. The quantitative estimate of drug-likeness (QED) is 0.420. The van der Waals surface area contributed by atoms with Crippen molar-refractivity contribution in [1.82, 2.24) is 0 Å². The highest BCUT2D eigenvalue weighted by atomic mass is 16.5. The summed E-state index contributed by atoms with van der Waals surface area (Å²) in [7, 11) is 1.50. The van der Waals surface area contributed by atoms with Crippen molar-refractivity contribution in [2.75, 3.05) is 7.11 Å². The molecule has 66 valence electrons. The van der Waals surface area contributed by atoms with Crippen molar-refractivity contribution in [3.63, 3.8) is 0 Å². The Balaban J connectivity index is 3.15. The maximum Gasteiger partial charge on any atom is 0.136 e. The molecule has 0 fully saturated rings. The summed E-state index contributed by atoms with van der Waals surface area (Å²) < 4.78 is 4.94. The molecule has 0 unspecified atom stereocenters. The molecule has 0 saturated carbocycles. The molecule has 0 aliphatic heterocycles. The Kier molecular flexibility index (Phi) is 2.87. The van der Waals surface area contributed by atoms with Crippen LogP contribution < -0.4 is 4.74 Å². The van der Waals surface area contributed by atoms with Crippen LogP contribution in [-0.2, 0) is 0 Å². The minimum atomic E-state index is 0.417. The lowest BCUT2D eigenvalue weighted by Crippen LogP contribution is -1.90. The van der Waals surface area contributed by atoms with Crippen LogP contribution in [0.2, 0.25) is 0 Å². The fourth-order valence-corrected chi connectivity index (χ4v) is 0.960. The molecule has 1 rings (SSSR count). The van der Waals surface area contributed by atoms with Gasteiger partial charge < -0.3 is 9.94 Å². The second-order valence-electron chi connectivity index (χ2n) is 2.32. The van der Waals surface area contributed by atoms with E-state index in [1.807, 2.05) is 6.07 Å². The number of hydrogen-bond donors (Lipinski definition) is 1. The number of nitrogens with zero attached hydrogens (tertiary/aromatic N) is 2. The van der Waals surface area contributed by atoms with Gasteiger partial charge in [-0.3, -0.25) is 0 Å². The molecule has 0 aliphatic carbocycles. The third-order valence-corrected chi connectivity index (χ3v) is 1.55. The predicted octanol–water partition coefficient (Wildman–Crippen LogP) is 1.37. The molecule has 1 aromatic carbocycles. The minimum Gasteiger partial charge on any atom is -0.495 e. The predicted molar refractivity (Wildman–Crippen MR) is 47.1 cm³/mol. The lowest BCUT2D eigenvalue weighted by atomic mass is 10.1. The number of benzene rings is 1. The molecule has 0 aliphatic rings. The summed E-state index contributed by atoms with van der Waals surface area (Å²) in [6.45, 7) is 0. The molecule has 0 atom stereocenters. The van der Waals surface area contributed by atoms with Crippen LogP contribution in [0.25, 0.3) is 0 Å². The van der Waals surface area contributed by atoms with Crippen molar-refractivity contribution in [1.29, 1.82) is 5.26 Å². The Morgan fingerprint density at radius 1 is 1.62 bits per heavy atom. The number of ether oxygens (including phenoxy) is 1. The van der Waals surface area contributed by atoms with Crippen LogP contribution in [0.1, 0.15) is 11.1 Å². The average Bonchev–Trinajstić information content (AvgIpc) is 2.18. The zero-order chi connectivity index (χ0) is 9.68. The van der Waals surface area contributed by atoms with E-state index in [2.05, 4.69) is 5.16 Å². The lowest BCUT2D eigenvalue weighted by molar-refractivity contribution is 0.322. The molecular weight excluding hydrogens is 168 g/mol. The lowest BCUT2D eigenvalue weighted by Gasteiger charge is -2.01. The van der Waals surface area contributed by atoms with E-state index in [-0.39, 0.29) is 0 Å². The van der Waals surface area contributed by atoms with E-state index in [1.54, 1.807) is 18.2 Å². The van der Waals surface area contributed by atoms with E-state index in [9.17, 15) is 0 Å². The Morgan fingerprint density at radius 3 is 2.92 bits per heavy atom. The largest absolute Gasteiger partial charge is 0.495 e. The molecule has 1 aromatic rings. The van der Waals surface area contributed by atoms with Crippen molar-refractivity contribution in [2.24, 2.45) is 5.16 Å². The van der Waals surface area contributed by atoms with E-state index in [0.29, 0.717) is 16.9 Å². The van der Waals surface area contributed by atoms with Crippen LogP contribution in [0.5, 0.6) is 5.75 Å². The third kappa shape index (κ3) is 1.97. The molecule has 0 amide bonds. The Labute approximate surface area is 75.7 Å². The highest BCUT2D eigenvalue weighted by Gasteiger charge is 2.01. The molecule has 4 nitrogen and oxygen atoms in total. The van der Waals surface area contributed by atoms with E-state index in [1.165, 1.54) is 13.3 Å². The van der Waals surface area contributed by atoms with E-state index < -0.39 is 0 Å². The van der Waals surface area contributed by atoms with Crippen molar-refractivity contribution < 1.29 is 9.94 Å². The van der Waals surface area contributed by atoms with E-state index in [4.69, 9.17) is 15.2 Å². The average molecular weight is 176 g/mol. The Hall–Kier alpha value is -2.02. The zero-order valence-corrected chi connectivity index (χ0v) is 7.06.